The summed E-state index contributed by atoms with van der Waals surface area (Å²) in [6.07, 6.45) is 0. The number of fused-ring (bicyclic) bond motifs is 1. The molecule has 1 fully saturated rings. The average molecular weight is 344 g/mol. The Morgan fingerprint density at radius 3 is 2.65 bits per heavy atom. The van der Waals surface area contributed by atoms with Gasteiger partial charge in [0.25, 0.3) is 0 Å². The molecule has 10 heteroatoms. The molecular weight excluding hydrogens is 328 g/mol. The average Bonchev–Trinajstić information content (AvgIpc) is 2.55. The van der Waals surface area contributed by atoms with Gasteiger partial charge in [0.05, 0.1) is 7.11 Å². The lowest BCUT2D eigenvalue weighted by Gasteiger charge is -2.48. The highest BCUT2D eigenvalue weighted by atomic mass is 32.2. The van der Waals surface area contributed by atoms with Crippen molar-refractivity contribution >= 4 is 35.6 Å². The molecule has 0 aromatic carbocycles. The van der Waals surface area contributed by atoms with Crippen LogP contribution in [0.4, 0.5) is 0 Å². The molecule has 2 heterocycles. The second-order valence-corrected chi connectivity index (χ2v) is 5.93. The van der Waals surface area contributed by atoms with Crippen molar-refractivity contribution in [3.8, 4) is 0 Å². The molecule has 23 heavy (non-hydrogen) atoms. The number of nitrogens with two attached hydrogens (primary N) is 1. The van der Waals surface area contributed by atoms with E-state index in [1.54, 1.807) is 0 Å². The first-order valence-corrected chi connectivity index (χ1v) is 7.71. The highest BCUT2D eigenvalue weighted by molar-refractivity contribution is 8.00. The number of carbonyl (C=O) groups is 4. The summed E-state index contributed by atoms with van der Waals surface area (Å²) in [5, 5.41) is -0.371. The molecule has 2 atom stereocenters. The first kappa shape index (κ1) is 17.3. The molecule has 2 aliphatic heterocycles. The Kier molecular flexibility index (Phi) is 5.26. The van der Waals surface area contributed by atoms with Gasteiger partial charge in [0, 0.05) is 18.2 Å². The van der Waals surface area contributed by atoms with Crippen molar-refractivity contribution in [3.05, 3.63) is 11.3 Å². The number of methoxy groups -OCH3 is 1. The van der Waals surface area contributed by atoms with Crippen LogP contribution in [-0.2, 0) is 33.4 Å². The number of nitrogens with zero attached hydrogens (tertiary/aromatic N) is 1. The normalized spacial score (nSPS) is 22.9. The quantitative estimate of drug-likeness (QED) is 0.370. The summed E-state index contributed by atoms with van der Waals surface area (Å²) in [6, 6.07) is -0.696. The van der Waals surface area contributed by atoms with Gasteiger partial charge < -0.3 is 19.9 Å². The molecule has 1 amide bonds. The van der Waals surface area contributed by atoms with Gasteiger partial charge in [-0.15, -0.1) is 11.8 Å². The van der Waals surface area contributed by atoms with Crippen LogP contribution in [0.3, 0.4) is 0 Å². The number of hydrogen-bond acceptors (Lipinski definition) is 9. The summed E-state index contributed by atoms with van der Waals surface area (Å²) in [5.74, 6) is -2.17. The lowest BCUT2D eigenvalue weighted by Crippen LogP contribution is -2.68. The van der Waals surface area contributed by atoms with Crippen LogP contribution in [0, 0.1) is 0 Å². The van der Waals surface area contributed by atoms with Gasteiger partial charge >= 0.3 is 17.9 Å². The van der Waals surface area contributed by atoms with Crippen LogP contribution in [-0.4, -0.2) is 66.2 Å². The molecule has 0 radical (unpaired) electrons. The minimum absolute atomic E-state index is 0.0226. The van der Waals surface area contributed by atoms with Gasteiger partial charge in [0.1, 0.15) is 23.7 Å². The molecule has 2 aliphatic rings. The van der Waals surface area contributed by atoms with Gasteiger partial charge in [-0.1, -0.05) is 0 Å². The smallest absolute Gasteiger partial charge is 0.355 e. The largest absolute Gasteiger partial charge is 0.466 e. The van der Waals surface area contributed by atoms with Crippen LogP contribution < -0.4 is 5.73 Å². The Labute approximate surface area is 136 Å². The van der Waals surface area contributed by atoms with Crippen LogP contribution in [0.25, 0.3) is 0 Å². The number of hydrogen-bond donors (Lipinski definition) is 1. The lowest BCUT2D eigenvalue weighted by molar-refractivity contribution is -0.158. The van der Waals surface area contributed by atoms with E-state index in [9.17, 15) is 19.2 Å². The maximum absolute atomic E-state index is 12.2. The van der Waals surface area contributed by atoms with E-state index in [1.807, 2.05) is 0 Å². The molecule has 0 aliphatic carbocycles. The van der Waals surface area contributed by atoms with E-state index in [0.29, 0.717) is 11.3 Å². The standard InChI is InChI=1S/C13H16N2O7S/c1-6(16)21-3-7-5-23-12-9(14)11(18)15(12)10(7)13(19)22-4-8(17)20-2/h9,12H,3-5,14H2,1-2H3/t9?,12-/m1/s1. The summed E-state index contributed by atoms with van der Waals surface area (Å²) in [7, 11) is 1.16. The fraction of sp³-hybridized carbons (Fsp3) is 0.538. The second-order valence-electron chi connectivity index (χ2n) is 4.82. The van der Waals surface area contributed by atoms with E-state index in [0.717, 1.165) is 7.11 Å². The third-order valence-electron chi connectivity index (χ3n) is 3.28. The third-order valence-corrected chi connectivity index (χ3v) is 4.64. The maximum Gasteiger partial charge on any atom is 0.355 e. The molecule has 9 nitrogen and oxygen atoms in total. The monoisotopic (exact) mass is 344 g/mol. The summed E-state index contributed by atoms with van der Waals surface area (Å²) in [4.78, 5) is 47.4. The Morgan fingerprint density at radius 1 is 1.35 bits per heavy atom. The minimum Gasteiger partial charge on any atom is -0.466 e. The number of β-lactam (4-membered cyclic amide) rings is 1. The zero-order chi connectivity index (χ0) is 17.1. The first-order valence-electron chi connectivity index (χ1n) is 6.66. The van der Waals surface area contributed by atoms with Crippen LogP contribution >= 0.6 is 11.8 Å². The van der Waals surface area contributed by atoms with Crippen molar-refractivity contribution in [3.63, 3.8) is 0 Å². The molecule has 0 saturated carbocycles. The molecule has 0 aromatic heterocycles. The zero-order valence-corrected chi connectivity index (χ0v) is 13.4. The fourth-order valence-corrected chi connectivity index (χ4v) is 3.39. The van der Waals surface area contributed by atoms with E-state index in [1.165, 1.54) is 23.6 Å². The van der Waals surface area contributed by atoms with Gasteiger partial charge in [-0.2, -0.15) is 0 Å². The van der Waals surface area contributed by atoms with Crippen molar-refractivity contribution in [1.29, 1.82) is 0 Å². The van der Waals surface area contributed by atoms with Crippen molar-refractivity contribution < 1.29 is 33.4 Å². The molecule has 126 valence electrons. The van der Waals surface area contributed by atoms with Crippen molar-refractivity contribution in [2.75, 3.05) is 26.1 Å². The summed E-state index contributed by atoms with van der Waals surface area (Å²) in [5.41, 5.74) is 6.11. The molecule has 0 bridgehead atoms. The number of rotatable bonds is 5. The van der Waals surface area contributed by atoms with Crippen molar-refractivity contribution in [1.82, 2.24) is 4.90 Å². The topological polar surface area (TPSA) is 125 Å². The second kappa shape index (κ2) is 7.01. The molecule has 0 spiro atoms. The molecule has 2 rings (SSSR count). The lowest BCUT2D eigenvalue weighted by atomic mass is 10.0. The molecule has 1 saturated heterocycles. The maximum atomic E-state index is 12.2. The number of ether oxygens (including phenoxy) is 3. The van der Waals surface area contributed by atoms with Crippen molar-refractivity contribution in [2.45, 2.75) is 18.3 Å². The van der Waals surface area contributed by atoms with Gasteiger partial charge in [0.2, 0.25) is 5.91 Å². The van der Waals surface area contributed by atoms with E-state index in [2.05, 4.69) is 4.74 Å². The summed E-state index contributed by atoms with van der Waals surface area (Å²) < 4.78 is 14.1. The van der Waals surface area contributed by atoms with E-state index >= 15 is 0 Å². The van der Waals surface area contributed by atoms with E-state index < -0.39 is 36.5 Å². The van der Waals surface area contributed by atoms with Crippen LogP contribution in [0.1, 0.15) is 6.92 Å². The predicted octanol–water partition coefficient (Wildman–Crippen LogP) is -1.24. The molecule has 2 N–H and O–H groups in total. The molecular formula is C13H16N2O7S. The van der Waals surface area contributed by atoms with Crippen LogP contribution in [0.2, 0.25) is 0 Å². The van der Waals surface area contributed by atoms with E-state index in [4.69, 9.17) is 15.2 Å². The van der Waals surface area contributed by atoms with Crippen LogP contribution in [0.5, 0.6) is 0 Å². The van der Waals surface area contributed by atoms with Gasteiger partial charge in [-0.05, 0) is 0 Å². The molecule has 1 unspecified atom stereocenters. The van der Waals surface area contributed by atoms with Crippen molar-refractivity contribution in [2.24, 2.45) is 5.73 Å². The number of esters is 3. The Balaban J connectivity index is 2.21. The Bertz CT molecular complexity index is 589. The number of carbonyl (C=O) groups excluding carboxylic acids is 4. The van der Waals surface area contributed by atoms with Gasteiger partial charge in [-0.25, -0.2) is 9.59 Å². The Hall–Kier alpha value is -2.07. The molecule has 0 aromatic rings. The van der Waals surface area contributed by atoms with Gasteiger partial charge in [0.15, 0.2) is 6.61 Å². The SMILES string of the molecule is COC(=O)COC(=O)C1=C(COC(C)=O)CS[C@@H]2C(N)C(=O)N12. The van der Waals surface area contributed by atoms with Crippen LogP contribution in [0.15, 0.2) is 11.3 Å². The number of amides is 1. The predicted molar refractivity (Wildman–Crippen MR) is 77.7 cm³/mol. The Morgan fingerprint density at radius 2 is 2.04 bits per heavy atom. The summed E-state index contributed by atoms with van der Waals surface area (Å²) >= 11 is 1.37. The number of thioether (sulfide) groups is 1. The minimum atomic E-state index is -0.858. The third kappa shape index (κ3) is 3.48. The highest BCUT2D eigenvalue weighted by Crippen LogP contribution is 2.39. The fourth-order valence-electron chi connectivity index (χ4n) is 2.12. The van der Waals surface area contributed by atoms with Gasteiger partial charge in [-0.3, -0.25) is 14.5 Å². The highest BCUT2D eigenvalue weighted by Gasteiger charge is 2.52. The van der Waals surface area contributed by atoms with E-state index in [-0.39, 0.29) is 17.7 Å². The zero-order valence-electron chi connectivity index (χ0n) is 12.6. The first-order chi connectivity index (χ1) is 10.9. The summed E-state index contributed by atoms with van der Waals surface area (Å²) in [6.45, 7) is 0.515.